The van der Waals surface area contributed by atoms with Crippen molar-refractivity contribution in [1.29, 1.82) is 0 Å². The molecule has 0 fully saturated rings. The Balaban J connectivity index is 1.75. The zero-order chi connectivity index (χ0) is 15.5. The fourth-order valence-electron chi connectivity index (χ4n) is 1.93. The van der Waals surface area contributed by atoms with E-state index in [0.29, 0.717) is 16.6 Å². The van der Waals surface area contributed by atoms with Gasteiger partial charge in [-0.15, -0.1) is 0 Å². The highest BCUT2D eigenvalue weighted by Gasteiger charge is 2.10. The molecule has 2 amide bonds. The quantitative estimate of drug-likeness (QED) is 0.694. The summed E-state index contributed by atoms with van der Waals surface area (Å²) in [5, 5.41) is 6.01. The average Bonchev–Trinajstić information content (AvgIpc) is 2.91. The third-order valence-electron chi connectivity index (χ3n) is 2.92. The van der Waals surface area contributed by atoms with Crippen molar-refractivity contribution < 1.29 is 9.53 Å². The van der Waals surface area contributed by atoms with E-state index < -0.39 is 0 Å². The summed E-state index contributed by atoms with van der Waals surface area (Å²) in [5.74, 6) is 0.690. The smallest absolute Gasteiger partial charge is 0.325 e. The molecule has 22 heavy (non-hydrogen) atoms. The number of thiazole rings is 1. The first-order valence-electron chi connectivity index (χ1n) is 6.43. The first kappa shape index (κ1) is 14.8. The highest BCUT2D eigenvalue weighted by atomic mass is 79.9. The van der Waals surface area contributed by atoms with Gasteiger partial charge in [0.05, 0.1) is 11.8 Å². The zero-order valence-corrected chi connectivity index (χ0v) is 14.0. The molecule has 0 bridgehead atoms. The molecule has 7 heteroatoms. The van der Waals surface area contributed by atoms with Crippen molar-refractivity contribution in [2.75, 3.05) is 17.7 Å². The van der Waals surface area contributed by atoms with Gasteiger partial charge in [-0.1, -0.05) is 33.3 Å². The number of amides is 2. The molecule has 1 aromatic heterocycles. The number of methoxy groups -OCH3 is 1. The molecule has 0 atom stereocenters. The lowest BCUT2D eigenvalue weighted by Gasteiger charge is -2.05. The maximum atomic E-state index is 12.0. The lowest BCUT2D eigenvalue weighted by molar-refractivity contribution is 0.262. The van der Waals surface area contributed by atoms with E-state index in [0.717, 1.165) is 14.7 Å². The molecule has 0 saturated heterocycles. The normalized spacial score (nSPS) is 10.5. The maximum Gasteiger partial charge on any atom is 0.325 e. The van der Waals surface area contributed by atoms with Crippen LogP contribution in [0.2, 0.25) is 0 Å². The molecule has 112 valence electrons. The van der Waals surface area contributed by atoms with E-state index in [1.54, 1.807) is 7.11 Å². The van der Waals surface area contributed by atoms with Crippen LogP contribution >= 0.6 is 27.3 Å². The van der Waals surface area contributed by atoms with Crippen molar-refractivity contribution in [1.82, 2.24) is 4.98 Å². The molecule has 0 radical (unpaired) electrons. The second-order valence-corrected chi connectivity index (χ2v) is 6.36. The predicted molar refractivity (Wildman–Crippen MR) is 93.0 cm³/mol. The second kappa shape index (κ2) is 6.33. The number of nitrogens with zero attached hydrogens (tertiary/aromatic N) is 1. The van der Waals surface area contributed by atoms with Crippen molar-refractivity contribution in [2.45, 2.75) is 0 Å². The molecule has 3 rings (SSSR count). The van der Waals surface area contributed by atoms with Crippen LogP contribution in [-0.2, 0) is 0 Å². The number of hydrogen-bond acceptors (Lipinski definition) is 4. The lowest BCUT2D eigenvalue weighted by Crippen LogP contribution is -2.19. The molecule has 0 unspecified atom stereocenters. The van der Waals surface area contributed by atoms with Crippen LogP contribution in [0.3, 0.4) is 0 Å². The SMILES string of the molecule is COc1cccc2sc(NC(=O)Nc3ccc(Br)cc3)nc12. The Bertz CT molecular complexity index is 817. The summed E-state index contributed by atoms with van der Waals surface area (Å²) >= 11 is 4.75. The molecule has 0 aliphatic rings. The van der Waals surface area contributed by atoms with Gasteiger partial charge in [0.2, 0.25) is 0 Å². The zero-order valence-electron chi connectivity index (χ0n) is 11.6. The van der Waals surface area contributed by atoms with Crippen LogP contribution < -0.4 is 15.4 Å². The number of fused-ring (bicyclic) bond motifs is 1. The summed E-state index contributed by atoms with van der Waals surface area (Å²) in [6.45, 7) is 0. The topological polar surface area (TPSA) is 63.2 Å². The standard InChI is InChI=1S/C15H12BrN3O2S/c1-21-11-3-2-4-12-13(11)18-15(22-12)19-14(20)17-10-7-5-9(16)6-8-10/h2-8H,1H3,(H2,17,18,19,20). The monoisotopic (exact) mass is 377 g/mol. The lowest BCUT2D eigenvalue weighted by atomic mass is 10.3. The summed E-state index contributed by atoms with van der Waals surface area (Å²) in [7, 11) is 1.60. The Hall–Kier alpha value is -2.12. The van der Waals surface area contributed by atoms with Gasteiger partial charge in [-0.3, -0.25) is 5.32 Å². The van der Waals surface area contributed by atoms with Crippen molar-refractivity contribution in [3.8, 4) is 5.75 Å². The summed E-state index contributed by atoms with van der Waals surface area (Å²) < 4.78 is 7.18. The summed E-state index contributed by atoms with van der Waals surface area (Å²) in [5.41, 5.74) is 1.45. The summed E-state index contributed by atoms with van der Waals surface area (Å²) in [6, 6.07) is 12.7. The molecule has 2 aromatic carbocycles. The molecule has 0 aliphatic heterocycles. The summed E-state index contributed by atoms with van der Waals surface area (Å²) in [6.07, 6.45) is 0. The van der Waals surface area contributed by atoms with Crippen LogP contribution in [0.1, 0.15) is 0 Å². The number of hydrogen-bond donors (Lipinski definition) is 2. The van der Waals surface area contributed by atoms with E-state index in [1.165, 1.54) is 11.3 Å². The summed E-state index contributed by atoms with van der Waals surface area (Å²) in [4.78, 5) is 16.4. The number of anilines is 2. The number of ether oxygens (including phenoxy) is 1. The number of aromatic nitrogens is 1. The highest BCUT2D eigenvalue weighted by molar-refractivity contribution is 9.10. The van der Waals surface area contributed by atoms with Crippen molar-refractivity contribution >= 4 is 54.3 Å². The van der Waals surface area contributed by atoms with Crippen molar-refractivity contribution in [3.05, 3.63) is 46.9 Å². The van der Waals surface area contributed by atoms with E-state index >= 15 is 0 Å². The number of nitrogens with one attached hydrogen (secondary N) is 2. The van der Waals surface area contributed by atoms with Crippen molar-refractivity contribution in [2.24, 2.45) is 0 Å². The third-order valence-corrected chi connectivity index (χ3v) is 4.39. The van der Waals surface area contributed by atoms with Gasteiger partial charge in [0.15, 0.2) is 5.13 Å². The van der Waals surface area contributed by atoms with Gasteiger partial charge < -0.3 is 10.1 Å². The largest absolute Gasteiger partial charge is 0.494 e. The Morgan fingerprint density at radius 1 is 1.18 bits per heavy atom. The second-order valence-electron chi connectivity index (χ2n) is 4.41. The van der Waals surface area contributed by atoms with E-state index in [1.807, 2.05) is 42.5 Å². The minimum Gasteiger partial charge on any atom is -0.494 e. The van der Waals surface area contributed by atoms with E-state index in [-0.39, 0.29) is 6.03 Å². The third kappa shape index (κ3) is 3.20. The first-order valence-corrected chi connectivity index (χ1v) is 8.04. The van der Waals surface area contributed by atoms with Crippen LogP contribution in [0.4, 0.5) is 15.6 Å². The molecule has 0 aliphatic carbocycles. The number of benzene rings is 2. The minimum atomic E-state index is -0.333. The number of rotatable bonds is 3. The molecule has 0 spiro atoms. The highest BCUT2D eigenvalue weighted by Crippen LogP contribution is 2.32. The van der Waals surface area contributed by atoms with Gasteiger partial charge in [0.1, 0.15) is 11.3 Å². The Kier molecular flexibility index (Phi) is 4.26. The van der Waals surface area contributed by atoms with Gasteiger partial charge in [0.25, 0.3) is 0 Å². The van der Waals surface area contributed by atoms with E-state index in [2.05, 4.69) is 31.5 Å². The Labute approximate surface area is 139 Å². The average molecular weight is 378 g/mol. The van der Waals surface area contributed by atoms with Gasteiger partial charge in [-0.25, -0.2) is 9.78 Å². The van der Waals surface area contributed by atoms with Crippen LogP contribution in [-0.4, -0.2) is 18.1 Å². The van der Waals surface area contributed by atoms with Gasteiger partial charge in [-0.05, 0) is 36.4 Å². The number of carbonyl (C=O) groups is 1. The van der Waals surface area contributed by atoms with Crippen LogP contribution in [0, 0.1) is 0 Å². The minimum absolute atomic E-state index is 0.333. The maximum absolute atomic E-state index is 12.0. The predicted octanol–water partition coefficient (Wildman–Crippen LogP) is 4.71. The molecular weight excluding hydrogens is 366 g/mol. The van der Waals surface area contributed by atoms with Crippen LogP contribution in [0.15, 0.2) is 46.9 Å². The van der Waals surface area contributed by atoms with Gasteiger partial charge >= 0.3 is 6.03 Å². The van der Waals surface area contributed by atoms with Gasteiger partial charge in [-0.2, -0.15) is 0 Å². The fourth-order valence-corrected chi connectivity index (χ4v) is 3.08. The van der Waals surface area contributed by atoms with E-state index in [9.17, 15) is 4.79 Å². The Morgan fingerprint density at radius 3 is 2.68 bits per heavy atom. The molecule has 1 heterocycles. The number of carbonyl (C=O) groups excluding carboxylic acids is 1. The van der Waals surface area contributed by atoms with Gasteiger partial charge in [0, 0.05) is 10.2 Å². The molecule has 2 N–H and O–H groups in total. The fraction of sp³-hybridized carbons (Fsp3) is 0.0667. The molecular formula is C15H12BrN3O2S. The Morgan fingerprint density at radius 2 is 1.95 bits per heavy atom. The van der Waals surface area contributed by atoms with E-state index in [4.69, 9.17) is 4.74 Å². The van der Waals surface area contributed by atoms with Crippen LogP contribution in [0.25, 0.3) is 10.2 Å². The molecule has 5 nitrogen and oxygen atoms in total. The molecule has 3 aromatic rings. The molecule has 0 saturated carbocycles. The number of urea groups is 1. The number of para-hydroxylation sites is 1. The van der Waals surface area contributed by atoms with Crippen molar-refractivity contribution in [3.63, 3.8) is 0 Å². The first-order chi connectivity index (χ1) is 10.7. The number of halogens is 1. The van der Waals surface area contributed by atoms with Crippen LogP contribution in [0.5, 0.6) is 5.75 Å².